The molecule has 0 aromatic heterocycles. The summed E-state index contributed by atoms with van der Waals surface area (Å²) in [6.07, 6.45) is 0.937. The van der Waals surface area contributed by atoms with Crippen molar-refractivity contribution in [3.63, 3.8) is 0 Å². The number of amides is 2. The van der Waals surface area contributed by atoms with Gasteiger partial charge in [-0.05, 0) is 49.6 Å². The van der Waals surface area contributed by atoms with Gasteiger partial charge in [-0.15, -0.1) is 0 Å². The highest BCUT2D eigenvalue weighted by Gasteiger charge is 2.26. The molecule has 3 N–H and O–H groups in total. The second-order valence-electron chi connectivity index (χ2n) is 4.67. The molecule has 2 rings (SSSR count). The van der Waals surface area contributed by atoms with Crippen molar-refractivity contribution in [2.75, 3.05) is 24.5 Å². The number of carbonyl (C=O) groups is 1. The van der Waals surface area contributed by atoms with Gasteiger partial charge in [0.05, 0.1) is 0 Å². The van der Waals surface area contributed by atoms with Gasteiger partial charge in [-0.2, -0.15) is 0 Å². The lowest BCUT2D eigenvalue weighted by Crippen LogP contribution is -2.51. The Labute approximate surface area is 116 Å². The summed E-state index contributed by atoms with van der Waals surface area (Å²) >= 11 is 3.44. The van der Waals surface area contributed by atoms with Gasteiger partial charge < -0.3 is 11.1 Å². The maximum Gasteiger partial charge on any atom is 0.321 e. The number of urea groups is 1. The predicted molar refractivity (Wildman–Crippen MR) is 76.8 cm³/mol. The summed E-state index contributed by atoms with van der Waals surface area (Å²) < 4.78 is 1.03. The molecule has 1 saturated heterocycles. The Morgan fingerprint density at radius 2 is 2.33 bits per heavy atom. The van der Waals surface area contributed by atoms with Crippen LogP contribution < -0.4 is 16.0 Å². The average Bonchev–Trinajstić information content (AvgIpc) is 2.33. The molecular weight excluding hydrogens is 294 g/mol. The van der Waals surface area contributed by atoms with E-state index in [1.54, 1.807) is 0 Å². The lowest BCUT2D eigenvalue weighted by atomic mass is 10.0. The maximum atomic E-state index is 12.0. The van der Waals surface area contributed by atoms with Crippen LogP contribution in [0.2, 0.25) is 0 Å². The largest absolute Gasteiger partial charge is 0.337 e. The molecule has 1 aliphatic heterocycles. The highest BCUT2D eigenvalue weighted by molar-refractivity contribution is 9.10. The number of aryl methyl sites for hydroxylation is 1. The van der Waals surface area contributed by atoms with Gasteiger partial charge in [0, 0.05) is 23.2 Å². The molecule has 1 atom stereocenters. The number of nitrogens with two attached hydrogens (primary N) is 1. The standard InChI is InChI=1S/C13H18BrN3O/c1-9-6-11(14)2-3-12(9)17-8-10(4-5-15)7-16-13(17)18/h2-3,6,10H,4-5,7-8,15H2,1H3,(H,16,18). The van der Waals surface area contributed by atoms with Crippen molar-refractivity contribution in [1.82, 2.24) is 5.32 Å². The smallest absolute Gasteiger partial charge is 0.321 e. The summed E-state index contributed by atoms with van der Waals surface area (Å²) in [6.45, 7) is 4.14. The fourth-order valence-electron chi connectivity index (χ4n) is 2.29. The summed E-state index contributed by atoms with van der Waals surface area (Å²) in [7, 11) is 0. The van der Waals surface area contributed by atoms with Crippen molar-refractivity contribution >= 4 is 27.6 Å². The molecule has 1 fully saturated rings. The van der Waals surface area contributed by atoms with Gasteiger partial charge in [-0.1, -0.05) is 15.9 Å². The van der Waals surface area contributed by atoms with E-state index in [-0.39, 0.29) is 6.03 Å². The zero-order valence-corrected chi connectivity index (χ0v) is 12.0. The summed E-state index contributed by atoms with van der Waals surface area (Å²) in [5.41, 5.74) is 7.65. The van der Waals surface area contributed by atoms with E-state index in [0.29, 0.717) is 12.5 Å². The third-order valence-corrected chi connectivity index (χ3v) is 3.75. The Balaban J connectivity index is 2.21. The second kappa shape index (κ2) is 5.71. The van der Waals surface area contributed by atoms with Gasteiger partial charge in [0.2, 0.25) is 0 Å². The first-order valence-corrected chi connectivity index (χ1v) is 6.92. The van der Waals surface area contributed by atoms with Crippen molar-refractivity contribution in [2.45, 2.75) is 13.3 Å². The minimum Gasteiger partial charge on any atom is -0.337 e. The van der Waals surface area contributed by atoms with Gasteiger partial charge in [-0.3, -0.25) is 4.90 Å². The first kappa shape index (κ1) is 13.4. The molecule has 0 radical (unpaired) electrons. The Kier molecular flexibility index (Phi) is 4.24. The van der Waals surface area contributed by atoms with Crippen molar-refractivity contribution in [3.8, 4) is 0 Å². The van der Waals surface area contributed by atoms with Crippen molar-refractivity contribution in [1.29, 1.82) is 0 Å². The maximum absolute atomic E-state index is 12.0. The van der Waals surface area contributed by atoms with Crippen molar-refractivity contribution in [3.05, 3.63) is 28.2 Å². The fourth-order valence-corrected chi connectivity index (χ4v) is 2.77. The average molecular weight is 312 g/mol. The van der Waals surface area contributed by atoms with E-state index >= 15 is 0 Å². The zero-order valence-electron chi connectivity index (χ0n) is 10.4. The molecule has 0 aliphatic carbocycles. The molecular formula is C13H18BrN3O. The van der Waals surface area contributed by atoms with E-state index in [1.165, 1.54) is 0 Å². The second-order valence-corrected chi connectivity index (χ2v) is 5.59. The van der Waals surface area contributed by atoms with Crippen LogP contribution in [-0.4, -0.2) is 25.7 Å². The van der Waals surface area contributed by atoms with Crippen molar-refractivity contribution in [2.24, 2.45) is 11.7 Å². The lowest BCUT2D eigenvalue weighted by Gasteiger charge is -2.34. The lowest BCUT2D eigenvalue weighted by molar-refractivity contribution is 0.236. The summed E-state index contributed by atoms with van der Waals surface area (Å²) in [4.78, 5) is 13.8. The Morgan fingerprint density at radius 3 is 3.00 bits per heavy atom. The Hall–Kier alpha value is -1.07. The van der Waals surface area contributed by atoms with Crippen LogP contribution in [0.5, 0.6) is 0 Å². The van der Waals surface area contributed by atoms with Gasteiger partial charge in [0.1, 0.15) is 0 Å². The van der Waals surface area contributed by atoms with Crippen LogP contribution in [0.25, 0.3) is 0 Å². The number of anilines is 1. The van der Waals surface area contributed by atoms with Crippen LogP contribution in [0.15, 0.2) is 22.7 Å². The first-order valence-electron chi connectivity index (χ1n) is 6.13. The third-order valence-electron chi connectivity index (χ3n) is 3.25. The molecule has 1 aliphatic rings. The van der Waals surface area contributed by atoms with Gasteiger partial charge in [-0.25, -0.2) is 4.79 Å². The van der Waals surface area contributed by atoms with Crippen LogP contribution in [0.4, 0.5) is 10.5 Å². The van der Waals surface area contributed by atoms with E-state index in [1.807, 2.05) is 30.0 Å². The van der Waals surface area contributed by atoms with E-state index in [4.69, 9.17) is 5.73 Å². The number of halogens is 1. The Morgan fingerprint density at radius 1 is 1.56 bits per heavy atom. The van der Waals surface area contributed by atoms with Gasteiger partial charge in [0.25, 0.3) is 0 Å². The van der Waals surface area contributed by atoms with Crippen LogP contribution >= 0.6 is 15.9 Å². The number of rotatable bonds is 3. The normalized spacial score (nSPS) is 19.8. The third kappa shape index (κ3) is 2.84. The van der Waals surface area contributed by atoms with E-state index < -0.39 is 0 Å². The molecule has 18 heavy (non-hydrogen) atoms. The molecule has 0 saturated carbocycles. The molecule has 4 nitrogen and oxygen atoms in total. The van der Waals surface area contributed by atoms with E-state index in [2.05, 4.69) is 21.2 Å². The van der Waals surface area contributed by atoms with Crippen LogP contribution in [0.3, 0.4) is 0 Å². The molecule has 1 heterocycles. The monoisotopic (exact) mass is 311 g/mol. The molecule has 2 amide bonds. The number of benzene rings is 1. The molecule has 0 spiro atoms. The molecule has 0 bridgehead atoms. The fraction of sp³-hybridized carbons (Fsp3) is 0.462. The molecule has 1 unspecified atom stereocenters. The minimum absolute atomic E-state index is 0.0197. The SMILES string of the molecule is Cc1cc(Br)ccc1N1CC(CCN)CNC1=O. The Bertz CT molecular complexity index is 450. The number of hydrogen-bond acceptors (Lipinski definition) is 2. The molecule has 5 heteroatoms. The van der Waals surface area contributed by atoms with Gasteiger partial charge in [0.15, 0.2) is 0 Å². The molecule has 1 aromatic rings. The van der Waals surface area contributed by atoms with Crippen LogP contribution in [-0.2, 0) is 0 Å². The van der Waals surface area contributed by atoms with Gasteiger partial charge >= 0.3 is 6.03 Å². The van der Waals surface area contributed by atoms with E-state index in [0.717, 1.165) is 35.2 Å². The summed E-state index contributed by atoms with van der Waals surface area (Å²) in [6, 6.07) is 5.94. The first-order chi connectivity index (χ1) is 8.61. The number of carbonyl (C=O) groups excluding carboxylic acids is 1. The summed E-state index contributed by atoms with van der Waals surface area (Å²) in [5, 5.41) is 2.93. The summed E-state index contributed by atoms with van der Waals surface area (Å²) in [5.74, 6) is 0.427. The minimum atomic E-state index is -0.0197. The van der Waals surface area contributed by atoms with E-state index in [9.17, 15) is 4.79 Å². The van der Waals surface area contributed by atoms with Crippen LogP contribution in [0, 0.1) is 12.8 Å². The molecule has 1 aromatic carbocycles. The number of hydrogen-bond donors (Lipinski definition) is 2. The number of nitrogens with zero attached hydrogens (tertiary/aromatic N) is 1. The predicted octanol–water partition coefficient (Wildman–Crippen LogP) is 2.25. The topological polar surface area (TPSA) is 58.4 Å². The number of nitrogens with one attached hydrogen (secondary N) is 1. The zero-order chi connectivity index (χ0) is 13.1. The van der Waals surface area contributed by atoms with Crippen molar-refractivity contribution < 1.29 is 4.79 Å². The van der Waals surface area contributed by atoms with Crippen LogP contribution in [0.1, 0.15) is 12.0 Å². The quantitative estimate of drug-likeness (QED) is 0.899. The molecule has 98 valence electrons. The highest BCUT2D eigenvalue weighted by Crippen LogP contribution is 2.26. The highest BCUT2D eigenvalue weighted by atomic mass is 79.9.